The number of esters is 1. The van der Waals surface area contributed by atoms with Gasteiger partial charge in [0.1, 0.15) is 25.0 Å². The molecule has 2 heterocycles. The second-order valence-corrected chi connectivity index (χ2v) is 10.7. The van der Waals surface area contributed by atoms with Crippen LogP contribution in [0.25, 0.3) is 0 Å². The first kappa shape index (κ1) is 27.8. The zero-order valence-electron chi connectivity index (χ0n) is 21.6. The van der Waals surface area contributed by atoms with Gasteiger partial charge >= 0.3 is 5.97 Å². The summed E-state index contributed by atoms with van der Waals surface area (Å²) in [6.07, 6.45) is 1.54. The molecule has 0 aliphatic carbocycles. The number of carbonyl (C=O) groups is 1. The third kappa shape index (κ3) is 6.20. The molecule has 7 nitrogen and oxygen atoms in total. The van der Waals surface area contributed by atoms with Crippen LogP contribution in [0.5, 0.6) is 5.75 Å². The summed E-state index contributed by atoms with van der Waals surface area (Å²) in [5.41, 5.74) is 3.78. The number of rotatable bonds is 10. The van der Waals surface area contributed by atoms with Crippen LogP contribution < -0.4 is 10.1 Å². The molecular weight excluding hydrogens is 567 g/mol. The predicted octanol–water partition coefficient (Wildman–Crippen LogP) is 7.47. The molecule has 40 heavy (non-hydrogen) atoms. The molecule has 0 spiro atoms. The van der Waals surface area contributed by atoms with Crippen molar-refractivity contribution in [2.75, 3.05) is 11.9 Å². The highest BCUT2D eigenvalue weighted by molar-refractivity contribution is 7.98. The number of hydrogen-bond acceptors (Lipinski definition) is 7. The SMILES string of the molecule is C=CCOC(=O)C1=C(C)Nc2nc(SCc3ccccc3Cl)nn2C1c1ccc(OCc2ccccc2Cl)cc1. The quantitative estimate of drug-likeness (QED) is 0.116. The summed E-state index contributed by atoms with van der Waals surface area (Å²) in [4.78, 5) is 17.9. The maximum atomic E-state index is 13.2. The molecule has 0 saturated carbocycles. The van der Waals surface area contributed by atoms with E-state index < -0.39 is 12.0 Å². The normalized spacial score (nSPS) is 14.3. The van der Waals surface area contributed by atoms with Crippen molar-refractivity contribution in [1.82, 2.24) is 14.8 Å². The molecule has 1 unspecified atom stereocenters. The summed E-state index contributed by atoms with van der Waals surface area (Å²) in [7, 11) is 0. The van der Waals surface area contributed by atoms with Gasteiger partial charge in [-0.05, 0) is 42.3 Å². The van der Waals surface area contributed by atoms with Gasteiger partial charge in [0.25, 0.3) is 0 Å². The monoisotopic (exact) mass is 592 g/mol. The van der Waals surface area contributed by atoms with Crippen LogP contribution in [0, 0.1) is 0 Å². The lowest BCUT2D eigenvalue weighted by molar-refractivity contribution is -0.138. The molecule has 0 fully saturated rings. The number of carbonyl (C=O) groups excluding carboxylic acids is 1. The van der Waals surface area contributed by atoms with Crippen LogP contribution in [0.15, 0.2) is 102 Å². The van der Waals surface area contributed by atoms with Gasteiger partial charge in [0, 0.05) is 27.1 Å². The van der Waals surface area contributed by atoms with Crippen molar-refractivity contribution in [3.05, 3.63) is 123 Å². The average molecular weight is 594 g/mol. The number of nitrogens with zero attached hydrogens (tertiary/aromatic N) is 3. The van der Waals surface area contributed by atoms with Crippen molar-refractivity contribution >= 4 is 46.9 Å². The molecule has 0 saturated heterocycles. The zero-order chi connectivity index (χ0) is 28.1. The van der Waals surface area contributed by atoms with Gasteiger partial charge in [-0.25, -0.2) is 9.48 Å². The van der Waals surface area contributed by atoms with E-state index in [9.17, 15) is 4.79 Å². The Morgan fingerprint density at radius 1 is 1.05 bits per heavy atom. The molecule has 3 aromatic carbocycles. The Bertz CT molecular complexity index is 1570. The molecule has 4 aromatic rings. The Labute approximate surface area is 246 Å². The summed E-state index contributed by atoms with van der Waals surface area (Å²) in [6, 6.07) is 22.2. The summed E-state index contributed by atoms with van der Waals surface area (Å²) < 4.78 is 13.1. The van der Waals surface area contributed by atoms with E-state index in [0.717, 1.165) is 16.7 Å². The smallest absolute Gasteiger partial charge is 0.338 e. The van der Waals surface area contributed by atoms with Gasteiger partial charge in [0.05, 0.1) is 5.57 Å². The van der Waals surface area contributed by atoms with E-state index in [1.807, 2.05) is 79.7 Å². The lowest BCUT2D eigenvalue weighted by atomic mass is 9.96. The molecule has 10 heteroatoms. The highest BCUT2D eigenvalue weighted by Crippen LogP contribution is 2.38. The predicted molar refractivity (Wildman–Crippen MR) is 159 cm³/mol. The van der Waals surface area contributed by atoms with Crippen molar-refractivity contribution in [3.8, 4) is 5.75 Å². The Morgan fingerprint density at radius 2 is 1.73 bits per heavy atom. The molecular formula is C30H26Cl2N4O3S. The number of allylic oxidation sites excluding steroid dienone is 1. The minimum Gasteiger partial charge on any atom is -0.489 e. The van der Waals surface area contributed by atoms with E-state index in [-0.39, 0.29) is 6.61 Å². The highest BCUT2D eigenvalue weighted by Gasteiger charge is 2.35. The molecule has 204 valence electrons. The average Bonchev–Trinajstić information content (AvgIpc) is 3.37. The van der Waals surface area contributed by atoms with E-state index in [2.05, 4.69) is 16.9 Å². The number of ether oxygens (including phenoxy) is 2. The van der Waals surface area contributed by atoms with Gasteiger partial charge in [-0.1, -0.05) is 96.1 Å². The Balaban J connectivity index is 1.42. The molecule has 1 aliphatic rings. The van der Waals surface area contributed by atoms with Gasteiger partial charge in [-0.3, -0.25) is 0 Å². The van der Waals surface area contributed by atoms with Gasteiger partial charge < -0.3 is 14.8 Å². The summed E-state index contributed by atoms with van der Waals surface area (Å²) >= 11 is 14.1. The first-order valence-electron chi connectivity index (χ1n) is 12.5. The van der Waals surface area contributed by atoms with E-state index in [4.69, 9.17) is 37.8 Å². The molecule has 0 bridgehead atoms. The second kappa shape index (κ2) is 12.6. The maximum Gasteiger partial charge on any atom is 0.338 e. The van der Waals surface area contributed by atoms with Crippen molar-refractivity contribution in [2.45, 2.75) is 30.5 Å². The lowest BCUT2D eigenvalue weighted by Crippen LogP contribution is -2.29. The van der Waals surface area contributed by atoms with Gasteiger partial charge in [-0.2, -0.15) is 4.98 Å². The van der Waals surface area contributed by atoms with Crippen molar-refractivity contribution in [2.24, 2.45) is 0 Å². The number of benzene rings is 3. The fourth-order valence-corrected chi connectivity index (χ4v) is 5.56. The second-order valence-electron chi connectivity index (χ2n) is 8.95. The highest BCUT2D eigenvalue weighted by atomic mass is 35.5. The molecule has 1 N–H and O–H groups in total. The number of nitrogens with one attached hydrogen (secondary N) is 1. The summed E-state index contributed by atoms with van der Waals surface area (Å²) in [6.45, 7) is 5.91. The number of aromatic nitrogens is 3. The Morgan fingerprint density at radius 3 is 2.40 bits per heavy atom. The zero-order valence-corrected chi connectivity index (χ0v) is 24.0. The van der Waals surface area contributed by atoms with Crippen LogP contribution in [-0.4, -0.2) is 27.3 Å². The number of fused-ring (bicyclic) bond motifs is 1. The Hall–Kier alpha value is -3.72. The first-order chi connectivity index (χ1) is 19.4. The number of hydrogen-bond donors (Lipinski definition) is 1. The van der Waals surface area contributed by atoms with Gasteiger partial charge in [-0.15, -0.1) is 5.10 Å². The van der Waals surface area contributed by atoms with E-state index >= 15 is 0 Å². The largest absolute Gasteiger partial charge is 0.489 e. The minimum atomic E-state index is -0.562. The number of halogens is 2. The van der Waals surface area contributed by atoms with Crippen LogP contribution >= 0.6 is 35.0 Å². The summed E-state index contributed by atoms with van der Waals surface area (Å²) in [5.74, 6) is 1.35. The van der Waals surface area contributed by atoms with Gasteiger partial charge in [0.2, 0.25) is 11.1 Å². The first-order valence-corrected chi connectivity index (χ1v) is 14.2. The standard InChI is InChI=1S/C30H26Cl2N4O3S/c1-3-16-38-28(37)26-19(2)33-29-34-30(40-18-22-9-5-7-11-25(22)32)35-36(29)27(26)20-12-14-23(15-13-20)39-17-21-8-4-6-10-24(21)31/h3-15,27H,1,16-18H2,2H3,(H,33,34,35). The van der Waals surface area contributed by atoms with Crippen LogP contribution in [0.3, 0.4) is 0 Å². The Kier molecular flexibility index (Phi) is 8.79. The van der Waals surface area contributed by atoms with Crippen molar-refractivity contribution < 1.29 is 14.3 Å². The molecule has 0 amide bonds. The lowest BCUT2D eigenvalue weighted by Gasteiger charge is -2.28. The van der Waals surface area contributed by atoms with Crippen LogP contribution in [0.4, 0.5) is 5.95 Å². The molecule has 1 aliphatic heterocycles. The maximum absolute atomic E-state index is 13.2. The van der Waals surface area contributed by atoms with E-state index in [1.54, 1.807) is 4.68 Å². The molecule has 0 radical (unpaired) electrons. The van der Waals surface area contributed by atoms with Crippen LogP contribution in [0.2, 0.25) is 10.0 Å². The topological polar surface area (TPSA) is 78.3 Å². The van der Waals surface area contributed by atoms with E-state index in [1.165, 1.54) is 17.8 Å². The third-order valence-corrected chi connectivity index (χ3v) is 7.87. The molecule has 5 rings (SSSR count). The van der Waals surface area contributed by atoms with Crippen LogP contribution in [0.1, 0.15) is 29.7 Å². The summed E-state index contributed by atoms with van der Waals surface area (Å²) in [5, 5.41) is 9.88. The molecule has 1 atom stereocenters. The fraction of sp³-hybridized carbons (Fsp3) is 0.167. The number of anilines is 1. The number of thioether (sulfide) groups is 1. The third-order valence-electron chi connectivity index (χ3n) is 6.25. The van der Waals surface area contributed by atoms with E-state index in [0.29, 0.717) is 50.5 Å². The van der Waals surface area contributed by atoms with Crippen molar-refractivity contribution in [3.63, 3.8) is 0 Å². The van der Waals surface area contributed by atoms with Crippen LogP contribution in [-0.2, 0) is 21.9 Å². The molecule has 1 aromatic heterocycles. The fourth-order valence-electron chi connectivity index (χ4n) is 4.26. The van der Waals surface area contributed by atoms with Crippen molar-refractivity contribution in [1.29, 1.82) is 0 Å². The van der Waals surface area contributed by atoms with Gasteiger partial charge in [0.15, 0.2) is 0 Å². The minimum absolute atomic E-state index is 0.0975.